The third-order valence-electron chi connectivity index (χ3n) is 6.97. The number of carbonyl (C=O) groups is 3. The van der Waals surface area contributed by atoms with E-state index in [-0.39, 0.29) is 32.5 Å². The van der Waals surface area contributed by atoms with Crippen LogP contribution in [0, 0.1) is 0 Å². The lowest BCUT2D eigenvalue weighted by Gasteiger charge is -2.42. The van der Waals surface area contributed by atoms with Crippen molar-refractivity contribution in [2.45, 2.75) is 43.5 Å². The molecule has 3 aromatic rings. The molecule has 3 amide bonds. The number of piperazine rings is 1. The Bertz CT molecular complexity index is 1470. The highest BCUT2D eigenvalue weighted by molar-refractivity contribution is 6.35. The minimum Gasteiger partial charge on any atom is -0.356 e. The van der Waals surface area contributed by atoms with Crippen LogP contribution in [0.3, 0.4) is 0 Å². The Balaban J connectivity index is 1.50. The first-order chi connectivity index (χ1) is 20.3. The van der Waals surface area contributed by atoms with E-state index >= 15 is 0 Å². The van der Waals surface area contributed by atoms with Gasteiger partial charge in [0.25, 0.3) is 0 Å². The van der Waals surface area contributed by atoms with Crippen LogP contribution in [0.15, 0.2) is 66.7 Å². The van der Waals surface area contributed by atoms with Gasteiger partial charge in [-0.15, -0.1) is 0 Å². The van der Waals surface area contributed by atoms with Crippen molar-refractivity contribution in [2.75, 3.05) is 13.1 Å². The van der Waals surface area contributed by atoms with Crippen LogP contribution < -0.4 is 5.32 Å². The molecule has 2 atom stereocenters. The molecule has 1 fully saturated rings. The topological polar surface area (TPSA) is 69.7 Å². The molecule has 3 aromatic carbocycles. The van der Waals surface area contributed by atoms with E-state index < -0.39 is 41.0 Å². The molecule has 1 heterocycles. The Morgan fingerprint density at radius 1 is 0.930 bits per heavy atom. The van der Waals surface area contributed by atoms with Crippen molar-refractivity contribution < 1.29 is 27.6 Å². The molecule has 1 aliphatic rings. The predicted octanol–water partition coefficient (Wildman–Crippen LogP) is 6.76. The molecule has 0 aromatic heterocycles. The molecule has 228 valence electrons. The van der Waals surface area contributed by atoms with Crippen molar-refractivity contribution in [3.8, 4) is 0 Å². The monoisotopic (exact) mass is 673 g/mol. The molecular formula is C30H26Cl4F3N3O3. The molecule has 43 heavy (non-hydrogen) atoms. The zero-order chi connectivity index (χ0) is 31.3. The number of alkyl halides is 4. The van der Waals surface area contributed by atoms with Gasteiger partial charge in [-0.05, 0) is 59.5 Å². The minimum atomic E-state index is -4.52. The van der Waals surface area contributed by atoms with Crippen molar-refractivity contribution in [1.82, 2.24) is 15.1 Å². The molecule has 6 nitrogen and oxygen atoms in total. The van der Waals surface area contributed by atoms with Gasteiger partial charge in [0.1, 0.15) is 18.1 Å². The highest BCUT2D eigenvalue weighted by atomic mass is 35.5. The normalized spacial score (nSPS) is 16.4. The maximum atomic E-state index is 13.7. The highest BCUT2D eigenvalue weighted by Crippen LogP contribution is 2.30. The van der Waals surface area contributed by atoms with Crippen LogP contribution in [0.4, 0.5) is 13.2 Å². The summed E-state index contributed by atoms with van der Waals surface area (Å²) in [6.07, 6.45) is -4.28. The third-order valence-corrected chi connectivity index (χ3v) is 8.20. The van der Waals surface area contributed by atoms with Crippen molar-refractivity contribution in [2.24, 2.45) is 0 Å². The van der Waals surface area contributed by atoms with Gasteiger partial charge >= 0.3 is 6.18 Å². The largest absolute Gasteiger partial charge is 0.416 e. The second kappa shape index (κ2) is 14.2. The van der Waals surface area contributed by atoms with Crippen LogP contribution in [0.1, 0.15) is 28.7 Å². The summed E-state index contributed by atoms with van der Waals surface area (Å²) in [6.45, 7) is -0.320. The maximum absolute atomic E-state index is 13.7. The van der Waals surface area contributed by atoms with E-state index in [1.165, 1.54) is 21.9 Å². The summed E-state index contributed by atoms with van der Waals surface area (Å²) in [7, 11) is 0. The number of nitrogens with zero attached hydrogens (tertiary/aromatic N) is 2. The minimum absolute atomic E-state index is 0.168. The highest BCUT2D eigenvalue weighted by Gasteiger charge is 2.42. The summed E-state index contributed by atoms with van der Waals surface area (Å²) in [4.78, 5) is 42.5. The molecule has 4 rings (SSSR count). The van der Waals surface area contributed by atoms with Gasteiger partial charge in [0, 0.05) is 34.6 Å². The smallest absolute Gasteiger partial charge is 0.356 e. The Morgan fingerprint density at radius 3 is 2.19 bits per heavy atom. The van der Waals surface area contributed by atoms with E-state index in [2.05, 4.69) is 5.32 Å². The van der Waals surface area contributed by atoms with Gasteiger partial charge in [-0.1, -0.05) is 76.7 Å². The third kappa shape index (κ3) is 8.79. The molecule has 0 bridgehead atoms. The summed E-state index contributed by atoms with van der Waals surface area (Å²) in [5.41, 5.74) is 0.175. The second-order valence-electron chi connectivity index (χ2n) is 10.0. The molecule has 0 spiro atoms. The van der Waals surface area contributed by atoms with E-state index in [0.717, 1.165) is 23.3 Å². The number of hydrogen-bond donors (Lipinski definition) is 1. The summed E-state index contributed by atoms with van der Waals surface area (Å²) >= 11 is 24.7. The number of rotatable bonds is 10. The average Bonchev–Trinajstić information content (AvgIpc) is 2.94. The van der Waals surface area contributed by atoms with Gasteiger partial charge in [-0.25, -0.2) is 0 Å². The Kier molecular flexibility index (Phi) is 10.9. The van der Waals surface area contributed by atoms with Gasteiger partial charge < -0.3 is 15.1 Å². The van der Waals surface area contributed by atoms with Gasteiger partial charge in [0.15, 0.2) is 0 Å². The van der Waals surface area contributed by atoms with Crippen LogP contribution in [0.5, 0.6) is 0 Å². The van der Waals surface area contributed by atoms with E-state index in [1.54, 1.807) is 42.5 Å². The van der Waals surface area contributed by atoms with Crippen molar-refractivity contribution in [3.05, 3.63) is 104 Å². The lowest BCUT2D eigenvalue weighted by Crippen LogP contribution is -2.62. The molecule has 1 N–H and O–H groups in total. The molecule has 0 radical (unpaired) electrons. The van der Waals surface area contributed by atoms with Gasteiger partial charge in [0.2, 0.25) is 17.7 Å². The summed E-state index contributed by atoms with van der Waals surface area (Å²) in [5.74, 6) is -1.54. The summed E-state index contributed by atoms with van der Waals surface area (Å²) in [6, 6.07) is 14.9. The number of hydrogen-bond acceptors (Lipinski definition) is 3. The van der Waals surface area contributed by atoms with E-state index in [1.807, 2.05) is 0 Å². The average molecular weight is 675 g/mol. The molecule has 0 aliphatic carbocycles. The first-order valence-electron chi connectivity index (χ1n) is 13.2. The first kappa shape index (κ1) is 32.9. The standard InChI is InChI=1S/C30H26Cl4F3N3O3/c31-22-8-3-18(4-9-22)13-26(34)40-17-28(42)39(16-19-1-6-21(7-2-19)30(35,36)37)25(29(40)43)15-27(41)38-12-11-20-5-10-23(32)14-24(20)33/h1-10,14,25-26H,11-13,15-17H2,(H,38,41). The van der Waals surface area contributed by atoms with Gasteiger partial charge in [-0.3, -0.25) is 14.4 Å². The van der Waals surface area contributed by atoms with Gasteiger partial charge in [-0.2, -0.15) is 13.2 Å². The van der Waals surface area contributed by atoms with Crippen LogP contribution in [-0.2, 0) is 39.9 Å². The molecule has 1 aliphatic heterocycles. The Labute approximate surface area is 266 Å². The van der Waals surface area contributed by atoms with Crippen LogP contribution in [0.25, 0.3) is 0 Å². The molecule has 1 saturated heterocycles. The van der Waals surface area contributed by atoms with Crippen LogP contribution >= 0.6 is 46.4 Å². The summed E-state index contributed by atoms with van der Waals surface area (Å²) < 4.78 is 39.2. The fourth-order valence-electron chi connectivity index (χ4n) is 4.68. The van der Waals surface area contributed by atoms with Crippen LogP contribution in [0.2, 0.25) is 15.1 Å². The zero-order valence-corrected chi connectivity index (χ0v) is 25.5. The fraction of sp³-hybridized carbons (Fsp3) is 0.300. The molecule has 2 unspecified atom stereocenters. The lowest BCUT2D eigenvalue weighted by molar-refractivity contribution is -0.158. The lowest BCUT2D eigenvalue weighted by atomic mass is 10.0. The van der Waals surface area contributed by atoms with E-state index in [9.17, 15) is 27.6 Å². The number of carbonyl (C=O) groups excluding carboxylic acids is 3. The number of amides is 3. The Hall–Kier alpha value is -2.98. The Morgan fingerprint density at radius 2 is 1.56 bits per heavy atom. The molecule has 0 saturated carbocycles. The van der Waals surface area contributed by atoms with E-state index in [4.69, 9.17) is 46.4 Å². The molecule has 13 heteroatoms. The van der Waals surface area contributed by atoms with Crippen molar-refractivity contribution >= 4 is 64.1 Å². The fourth-order valence-corrected chi connectivity index (χ4v) is 5.65. The van der Waals surface area contributed by atoms with Crippen molar-refractivity contribution in [1.29, 1.82) is 0 Å². The summed E-state index contributed by atoms with van der Waals surface area (Å²) in [5, 5.41) is 4.20. The molecular weight excluding hydrogens is 649 g/mol. The SMILES string of the molecule is O=C(CC1C(=O)N(C(Cl)Cc2ccc(Cl)cc2)CC(=O)N1Cc1ccc(C(F)(F)F)cc1)NCCc1ccc(Cl)cc1Cl. The number of halogens is 7. The first-order valence-corrected chi connectivity index (χ1v) is 14.7. The van der Waals surface area contributed by atoms with Crippen molar-refractivity contribution in [3.63, 3.8) is 0 Å². The number of nitrogens with one attached hydrogen (secondary N) is 1. The van der Waals surface area contributed by atoms with E-state index in [0.29, 0.717) is 27.1 Å². The maximum Gasteiger partial charge on any atom is 0.416 e. The quantitative estimate of drug-likeness (QED) is 0.191. The second-order valence-corrected chi connectivity index (χ2v) is 11.8. The predicted molar refractivity (Wildman–Crippen MR) is 160 cm³/mol. The van der Waals surface area contributed by atoms with Gasteiger partial charge in [0.05, 0.1) is 12.0 Å². The zero-order valence-electron chi connectivity index (χ0n) is 22.5. The number of benzene rings is 3. The van der Waals surface area contributed by atoms with Crippen LogP contribution in [-0.4, -0.2) is 52.2 Å².